The molecule has 0 spiro atoms. The Labute approximate surface area is 155 Å². The van der Waals surface area contributed by atoms with Gasteiger partial charge >= 0.3 is 0 Å². The van der Waals surface area contributed by atoms with E-state index in [1.165, 1.54) is 18.9 Å². The van der Waals surface area contributed by atoms with Crippen molar-refractivity contribution in [3.05, 3.63) is 35.6 Å². The highest BCUT2D eigenvalue weighted by atomic mass is 127. The number of nitrogens with one attached hydrogen (secondary N) is 2. The van der Waals surface area contributed by atoms with Crippen molar-refractivity contribution in [3.63, 3.8) is 0 Å². The van der Waals surface area contributed by atoms with Crippen molar-refractivity contribution in [1.29, 1.82) is 0 Å². The summed E-state index contributed by atoms with van der Waals surface area (Å²) in [6.07, 6.45) is 3.59. The third-order valence-corrected chi connectivity index (χ3v) is 3.52. The maximum atomic E-state index is 13.6. The Kier molecular flexibility index (Phi) is 10.2. The molecule has 6 heteroatoms. The summed E-state index contributed by atoms with van der Waals surface area (Å²) in [7, 11) is 0. The predicted molar refractivity (Wildman–Crippen MR) is 103 cm³/mol. The lowest BCUT2D eigenvalue weighted by Gasteiger charge is -2.11. The summed E-state index contributed by atoms with van der Waals surface area (Å²) in [5, 5.41) is 6.42. The predicted octanol–water partition coefficient (Wildman–Crippen LogP) is 3.32. The molecule has 130 valence electrons. The molecular formula is C17H27FIN3O. The summed E-state index contributed by atoms with van der Waals surface area (Å²) in [5.41, 5.74) is 0.604. The lowest BCUT2D eigenvalue weighted by Crippen LogP contribution is -2.38. The number of nitrogens with zero attached hydrogens (tertiary/aromatic N) is 1. The monoisotopic (exact) mass is 435 g/mol. The SMILES string of the molecule is CCNC(=NCc1ccccc1F)NCCCOCC1CC1.I. The first-order valence-electron chi connectivity index (χ1n) is 8.13. The molecule has 4 nitrogen and oxygen atoms in total. The standard InChI is InChI=1S/C17H26FN3O.HI/c1-2-19-17(20-10-5-11-22-13-14-8-9-14)21-12-15-6-3-4-7-16(15)18;/h3-4,6-7,14H,2,5,8-13H2,1H3,(H2,19,20,21);1H. The number of ether oxygens (including phenoxy) is 1. The Morgan fingerprint density at radius 2 is 2.09 bits per heavy atom. The van der Waals surface area contributed by atoms with Crippen molar-refractivity contribution in [1.82, 2.24) is 10.6 Å². The van der Waals surface area contributed by atoms with Gasteiger partial charge in [-0.15, -0.1) is 24.0 Å². The van der Waals surface area contributed by atoms with Crippen molar-refractivity contribution < 1.29 is 9.13 Å². The van der Waals surface area contributed by atoms with E-state index in [0.717, 1.165) is 38.6 Å². The minimum atomic E-state index is -0.212. The largest absolute Gasteiger partial charge is 0.381 e. The van der Waals surface area contributed by atoms with Gasteiger partial charge in [0.15, 0.2) is 5.96 Å². The first-order valence-corrected chi connectivity index (χ1v) is 8.13. The third-order valence-electron chi connectivity index (χ3n) is 3.52. The summed E-state index contributed by atoms with van der Waals surface area (Å²) >= 11 is 0. The molecule has 1 aliphatic rings. The van der Waals surface area contributed by atoms with E-state index in [1.807, 2.05) is 13.0 Å². The smallest absolute Gasteiger partial charge is 0.191 e. The Morgan fingerprint density at radius 3 is 2.78 bits per heavy atom. The van der Waals surface area contributed by atoms with E-state index in [4.69, 9.17) is 4.74 Å². The van der Waals surface area contributed by atoms with Gasteiger partial charge in [0.05, 0.1) is 6.54 Å². The summed E-state index contributed by atoms with van der Waals surface area (Å²) in [6, 6.07) is 6.73. The van der Waals surface area contributed by atoms with Crippen molar-refractivity contribution in [2.45, 2.75) is 32.7 Å². The number of hydrogen-bond donors (Lipinski definition) is 2. The third kappa shape index (κ3) is 8.50. The molecule has 1 aromatic rings. The van der Waals surface area contributed by atoms with Crippen LogP contribution in [0.3, 0.4) is 0 Å². The van der Waals surface area contributed by atoms with Crippen LogP contribution in [-0.2, 0) is 11.3 Å². The van der Waals surface area contributed by atoms with E-state index in [2.05, 4.69) is 15.6 Å². The van der Waals surface area contributed by atoms with Crippen LogP contribution in [0.5, 0.6) is 0 Å². The Balaban J connectivity index is 0.00000264. The van der Waals surface area contributed by atoms with E-state index in [1.54, 1.807) is 12.1 Å². The molecular weight excluding hydrogens is 408 g/mol. The zero-order chi connectivity index (χ0) is 15.6. The van der Waals surface area contributed by atoms with Crippen LogP contribution in [0.1, 0.15) is 31.7 Å². The van der Waals surface area contributed by atoms with Crippen molar-refractivity contribution in [3.8, 4) is 0 Å². The molecule has 0 unspecified atom stereocenters. The van der Waals surface area contributed by atoms with E-state index in [0.29, 0.717) is 18.1 Å². The number of hydrogen-bond acceptors (Lipinski definition) is 2. The molecule has 2 rings (SSSR count). The number of rotatable bonds is 9. The Hall–Kier alpha value is -0.890. The van der Waals surface area contributed by atoms with Crippen LogP contribution >= 0.6 is 24.0 Å². The van der Waals surface area contributed by atoms with Crippen LogP contribution in [0, 0.1) is 11.7 Å². The van der Waals surface area contributed by atoms with E-state index in [9.17, 15) is 4.39 Å². The van der Waals surface area contributed by atoms with Gasteiger partial charge in [-0.25, -0.2) is 9.38 Å². The number of aliphatic imine (C=N–C) groups is 1. The maximum Gasteiger partial charge on any atom is 0.191 e. The fourth-order valence-corrected chi connectivity index (χ4v) is 2.05. The minimum absolute atomic E-state index is 0. The lowest BCUT2D eigenvalue weighted by atomic mass is 10.2. The Morgan fingerprint density at radius 1 is 1.30 bits per heavy atom. The first kappa shape index (κ1) is 20.2. The lowest BCUT2D eigenvalue weighted by molar-refractivity contribution is 0.123. The van der Waals surface area contributed by atoms with Crippen LogP contribution < -0.4 is 10.6 Å². The molecule has 0 aromatic heterocycles. The average molecular weight is 435 g/mol. The van der Waals surface area contributed by atoms with Gasteiger partial charge in [0.25, 0.3) is 0 Å². The second-order valence-corrected chi connectivity index (χ2v) is 5.59. The van der Waals surface area contributed by atoms with E-state index >= 15 is 0 Å². The summed E-state index contributed by atoms with van der Waals surface area (Å²) < 4.78 is 19.2. The highest BCUT2D eigenvalue weighted by Crippen LogP contribution is 2.28. The quantitative estimate of drug-likeness (QED) is 0.271. The molecule has 0 bridgehead atoms. The van der Waals surface area contributed by atoms with Gasteiger partial charge in [-0.05, 0) is 38.2 Å². The van der Waals surface area contributed by atoms with Gasteiger partial charge in [0.2, 0.25) is 0 Å². The Bertz CT molecular complexity index is 481. The van der Waals surface area contributed by atoms with Crippen molar-refractivity contribution >= 4 is 29.9 Å². The fraction of sp³-hybridized carbons (Fsp3) is 0.588. The zero-order valence-electron chi connectivity index (χ0n) is 13.7. The molecule has 0 saturated heterocycles. The van der Waals surface area contributed by atoms with Gasteiger partial charge < -0.3 is 15.4 Å². The molecule has 23 heavy (non-hydrogen) atoms. The number of guanidine groups is 1. The highest BCUT2D eigenvalue weighted by molar-refractivity contribution is 14.0. The van der Waals surface area contributed by atoms with Gasteiger partial charge in [-0.2, -0.15) is 0 Å². The molecule has 0 heterocycles. The van der Waals surface area contributed by atoms with Crippen LogP contribution in [0.25, 0.3) is 0 Å². The first-order chi connectivity index (χ1) is 10.8. The number of halogens is 2. The molecule has 1 fully saturated rings. The summed E-state index contributed by atoms with van der Waals surface area (Å²) in [5.74, 6) is 1.32. The van der Waals surface area contributed by atoms with Crippen LogP contribution in [0.4, 0.5) is 4.39 Å². The van der Waals surface area contributed by atoms with Crippen molar-refractivity contribution in [2.24, 2.45) is 10.9 Å². The normalized spacial score (nSPS) is 14.3. The second kappa shape index (κ2) is 11.6. The van der Waals surface area contributed by atoms with Crippen LogP contribution in [-0.4, -0.2) is 32.3 Å². The van der Waals surface area contributed by atoms with Crippen molar-refractivity contribution in [2.75, 3.05) is 26.3 Å². The molecule has 1 aromatic carbocycles. The van der Waals surface area contributed by atoms with E-state index in [-0.39, 0.29) is 29.8 Å². The van der Waals surface area contributed by atoms with Gasteiger partial charge in [-0.3, -0.25) is 0 Å². The highest BCUT2D eigenvalue weighted by Gasteiger charge is 2.20. The minimum Gasteiger partial charge on any atom is -0.381 e. The zero-order valence-corrected chi connectivity index (χ0v) is 16.0. The van der Waals surface area contributed by atoms with Gasteiger partial charge in [0.1, 0.15) is 5.82 Å². The molecule has 0 aliphatic heterocycles. The molecule has 1 aliphatic carbocycles. The van der Waals surface area contributed by atoms with Gasteiger partial charge in [0, 0.05) is 31.9 Å². The summed E-state index contributed by atoms with van der Waals surface area (Å²) in [6.45, 7) is 5.60. The molecule has 0 amide bonds. The average Bonchev–Trinajstić information content (AvgIpc) is 3.33. The summed E-state index contributed by atoms with van der Waals surface area (Å²) in [4.78, 5) is 4.41. The van der Waals surface area contributed by atoms with Crippen LogP contribution in [0.2, 0.25) is 0 Å². The molecule has 1 saturated carbocycles. The molecule has 0 atom stereocenters. The topological polar surface area (TPSA) is 45.7 Å². The number of benzene rings is 1. The van der Waals surface area contributed by atoms with Crippen LogP contribution in [0.15, 0.2) is 29.3 Å². The molecule has 2 N–H and O–H groups in total. The van der Waals surface area contributed by atoms with Gasteiger partial charge in [-0.1, -0.05) is 18.2 Å². The molecule has 0 radical (unpaired) electrons. The van der Waals surface area contributed by atoms with E-state index < -0.39 is 0 Å². The second-order valence-electron chi connectivity index (χ2n) is 5.59. The maximum absolute atomic E-state index is 13.6. The fourth-order valence-electron chi connectivity index (χ4n) is 2.05.